The second-order valence-electron chi connectivity index (χ2n) is 3.59. The molecule has 0 rings (SSSR count). The Labute approximate surface area is 76.7 Å². The smallest absolute Gasteiger partial charge is 0.0465 e. The van der Waals surface area contributed by atoms with Crippen molar-refractivity contribution in [3.63, 3.8) is 0 Å². The second kappa shape index (κ2) is 7.56. The van der Waals surface area contributed by atoms with E-state index in [1.54, 1.807) is 7.11 Å². The van der Waals surface area contributed by atoms with Crippen molar-refractivity contribution in [2.75, 3.05) is 26.8 Å². The van der Waals surface area contributed by atoms with Crippen molar-refractivity contribution in [3.05, 3.63) is 0 Å². The zero-order valence-corrected chi connectivity index (χ0v) is 8.89. The zero-order valence-electron chi connectivity index (χ0n) is 8.89. The molecule has 0 heterocycles. The molecule has 0 aromatic rings. The maximum Gasteiger partial charge on any atom is 0.0465 e. The van der Waals surface area contributed by atoms with Gasteiger partial charge in [0.25, 0.3) is 0 Å². The van der Waals surface area contributed by atoms with E-state index in [1.165, 1.54) is 6.42 Å². The summed E-state index contributed by atoms with van der Waals surface area (Å²) in [6, 6.07) is 0. The molecule has 0 fully saturated rings. The first-order valence-electron chi connectivity index (χ1n) is 4.92. The van der Waals surface area contributed by atoms with Gasteiger partial charge in [0, 0.05) is 13.7 Å². The predicted molar refractivity (Wildman–Crippen MR) is 53.4 cm³/mol. The molecule has 0 amide bonds. The molecule has 0 radical (unpaired) electrons. The van der Waals surface area contributed by atoms with E-state index < -0.39 is 0 Å². The fourth-order valence-corrected chi connectivity index (χ4v) is 1.27. The molecule has 0 spiro atoms. The van der Waals surface area contributed by atoms with E-state index in [2.05, 4.69) is 26.1 Å². The summed E-state index contributed by atoms with van der Waals surface area (Å²) in [4.78, 5) is 0. The van der Waals surface area contributed by atoms with E-state index in [4.69, 9.17) is 4.74 Å². The van der Waals surface area contributed by atoms with Crippen molar-refractivity contribution in [2.45, 2.75) is 27.2 Å². The van der Waals surface area contributed by atoms with Crippen LogP contribution >= 0.6 is 0 Å². The number of ether oxygens (including phenoxy) is 1. The SMILES string of the molecule is CCNCC(CCOC)C(C)C. The van der Waals surface area contributed by atoms with Gasteiger partial charge in [0.1, 0.15) is 0 Å². The molecular weight excluding hydrogens is 150 g/mol. The van der Waals surface area contributed by atoms with Crippen molar-refractivity contribution in [3.8, 4) is 0 Å². The van der Waals surface area contributed by atoms with Crippen molar-refractivity contribution in [2.24, 2.45) is 11.8 Å². The molecule has 0 saturated carbocycles. The van der Waals surface area contributed by atoms with E-state index in [-0.39, 0.29) is 0 Å². The van der Waals surface area contributed by atoms with Gasteiger partial charge in [-0.1, -0.05) is 20.8 Å². The summed E-state index contributed by atoms with van der Waals surface area (Å²) in [6.45, 7) is 9.77. The highest BCUT2D eigenvalue weighted by Gasteiger charge is 2.11. The van der Waals surface area contributed by atoms with Gasteiger partial charge >= 0.3 is 0 Å². The van der Waals surface area contributed by atoms with Gasteiger partial charge in [0.05, 0.1) is 0 Å². The first-order valence-corrected chi connectivity index (χ1v) is 4.92. The third kappa shape index (κ3) is 5.56. The summed E-state index contributed by atoms with van der Waals surface area (Å²) < 4.78 is 5.07. The van der Waals surface area contributed by atoms with Crippen molar-refractivity contribution < 1.29 is 4.74 Å². The molecule has 0 aromatic heterocycles. The molecule has 1 N–H and O–H groups in total. The lowest BCUT2D eigenvalue weighted by atomic mass is 9.93. The Kier molecular flexibility index (Phi) is 7.51. The van der Waals surface area contributed by atoms with Gasteiger partial charge in [-0.2, -0.15) is 0 Å². The summed E-state index contributed by atoms with van der Waals surface area (Å²) in [5.74, 6) is 1.50. The van der Waals surface area contributed by atoms with Crippen LogP contribution in [0.15, 0.2) is 0 Å². The Morgan fingerprint density at radius 3 is 2.42 bits per heavy atom. The largest absolute Gasteiger partial charge is 0.385 e. The summed E-state index contributed by atoms with van der Waals surface area (Å²) in [5.41, 5.74) is 0. The Balaban J connectivity index is 3.55. The van der Waals surface area contributed by atoms with Crippen LogP contribution < -0.4 is 5.32 Å². The van der Waals surface area contributed by atoms with Crippen LogP contribution in [0.2, 0.25) is 0 Å². The van der Waals surface area contributed by atoms with Crippen LogP contribution in [0.3, 0.4) is 0 Å². The summed E-state index contributed by atoms with van der Waals surface area (Å²) in [6.07, 6.45) is 1.17. The Morgan fingerprint density at radius 1 is 1.33 bits per heavy atom. The standard InChI is InChI=1S/C10H23NO/c1-5-11-8-10(9(2)3)6-7-12-4/h9-11H,5-8H2,1-4H3. The summed E-state index contributed by atoms with van der Waals surface area (Å²) in [5, 5.41) is 3.38. The highest BCUT2D eigenvalue weighted by molar-refractivity contribution is 4.65. The molecule has 74 valence electrons. The van der Waals surface area contributed by atoms with Crippen molar-refractivity contribution in [1.29, 1.82) is 0 Å². The molecule has 1 unspecified atom stereocenters. The lowest BCUT2D eigenvalue weighted by Crippen LogP contribution is -2.26. The first kappa shape index (κ1) is 11.9. The molecule has 1 atom stereocenters. The zero-order chi connectivity index (χ0) is 9.40. The number of methoxy groups -OCH3 is 1. The first-order chi connectivity index (χ1) is 5.72. The number of hydrogen-bond donors (Lipinski definition) is 1. The van der Waals surface area contributed by atoms with Crippen LogP contribution in [0.4, 0.5) is 0 Å². The summed E-state index contributed by atoms with van der Waals surface area (Å²) >= 11 is 0. The van der Waals surface area contributed by atoms with Gasteiger partial charge in [-0.05, 0) is 31.3 Å². The van der Waals surface area contributed by atoms with Gasteiger partial charge in [-0.3, -0.25) is 0 Å². The van der Waals surface area contributed by atoms with Crippen molar-refractivity contribution in [1.82, 2.24) is 5.32 Å². The van der Waals surface area contributed by atoms with E-state index in [0.29, 0.717) is 0 Å². The van der Waals surface area contributed by atoms with Crippen LogP contribution in [0.5, 0.6) is 0 Å². The third-order valence-corrected chi connectivity index (χ3v) is 2.29. The Hall–Kier alpha value is -0.0800. The fraction of sp³-hybridized carbons (Fsp3) is 1.00. The molecule has 0 aliphatic heterocycles. The summed E-state index contributed by atoms with van der Waals surface area (Å²) in [7, 11) is 1.77. The minimum Gasteiger partial charge on any atom is -0.385 e. The van der Waals surface area contributed by atoms with Crippen molar-refractivity contribution >= 4 is 0 Å². The van der Waals surface area contributed by atoms with Crippen LogP contribution in [0.25, 0.3) is 0 Å². The average molecular weight is 173 g/mol. The lowest BCUT2D eigenvalue weighted by Gasteiger charge is -2.20. The van der Waals surface area contributed by atoms with Crippen LogP contribution in [-0.4, -0.2) is 26.8 Å². The molecule has 2 heteroatoms. The van der Waals surface area contributed by atoms with Gasteiger partial charge in [-0.25, -0.2) is 0 Å². The minimum absolute atomic E-state index is 0.749. The second-order valence-corrected chi connectivity index (χ2v) is 3.59. The fourth-order valence-electron chi connectivity index (χ4n) is 1.27. The van der Waals surface area contributed by atoms with Gasteiger partial charge in [-0.15, -0.1) is 0 Å². The molecule has 0 aliphatic carbocycles. The topological polar surface area (TPSA) is 21.3 Å². The van der Waals surface area contributed by atoms with Gasteiger partial charge < -0.3 is 10.1 Å². The van der Waals surface area contributed by atoms with E-state index in [9.17, 15) is 0 Å². The maximum absolute atomic E-state index is 5.07. The molecule has 2 nitrogen and oxygen atoms in total. The van der Waals surface area contributed by atoms with E-state index >= 15 is 0 Å². The Bertz CT molecular complexity index is 85.8. The molecule has 0 aliphatic rings. The predicted octanol–water partition coefficient (Wildman–Crippen LogP) is 1.90. The molecule has 0 saturated heterocycles. The third-order valence-electron chi connectivity index (χ3n) is 2.29. The molecular formula is C10H23NO. The quantitative estimate of drug-likeness (QED) is 0.635. The van der Waals surface area contributed by atoms with Crippen LogP contribution in [-0.2, 0) is 4.74 Å². The number of rotatable bonds is 7. The average Bonchev–Trinajstić information content (AvgIpc) is 2.04. The molecule has 0 aromatic carbocycles. The Morgan fingerprint density at radius 2 is 2.00 bits per heavy atom. The lowest BCUT2D eigenvalue weighted by molar-refractivity contribution is 0.164. The van der Waals surface area contributed by atoms with Crippen LogP contribution in [0, 0.1) is 11.8 Å². The molecule has 0 bridgehead atoms. The number of nitrogens with one attached hydrogen (secondary N) is 1. The maximum atomic E-state index is 5.07. The highest BCUT2D eigenvalue weighted by Crippen LogP contribution is 2.13. The van der Waals surface area contributed by atoms with Crippen LogP contribution in [0.1, 0.15) is 27.2 Å². The van der Waals surface area contributed by atoms with E-state index in [0.717, 1.165) is 31.5 Å². The number of hydrogen-bond acceptors (Lipinski definition) is 2. The monoisotopic (exact) mass is 173 g/mol. The normalized spacial score (nSPS) is 13.8. The highest BCUT2D eigenvalue weighted by atomic mass is 16.5. The van der Waals surface area contributed by atoms with E-state index in [1.807, 2.05) is 0 Å². The van der Waals surface area contributed by atoms with Gasteiger partial charge in [0.15, 0.2) is 0 Å². The van der Waals surface area contributed by atoms with Gasteiger partial charge in [0.2, 0.25) is 0 Å². The molecule has 12 heavy (non-hydrogen) atoms. The minimum atomic E-state index is 0.749.